The highest BCUT2D eigenvalue weighted by Gasteiger charge is 2.32. The van der Waals surface area contributed by atoms with Crippen LogP contribution in [-0.4, -0.2) is 6.54 Å². The van der Waals surface area contributed by atoms with Crippen molar-refractivity contribution in [2.24, 2.45) is 5.92 Å². The SMILES string of the molecule is c1ccc2c(c1)NCC1CCCC21. The third-order valence-corrected chi connectivity index (χ3v) is 3.57. The van der Waals surface area contributed by atoms with Gasteiger partial charge in [0.15, 0.2) is 0 Å². The Kier molecular flexibility index (Phi) is 1.58. The van der Waals surface area contributed by atoms with Crippen LogP contribution in [0.25, 0.3) is 0 Å². The molecule has 1 heterocycles. The first-order valence-electron chi connectivity index (χ1n) is 5.28. The summed E-state index contributed by atoms with van der Waals surface area (Å²) in [5.74, 6) is 1.77. The van der Waals surface area contributed by atoms with Gasteiger partial charge in [-0.2, -0.15) is 0 Å². The number of nitrogens with one attached hydrogen (secondary N) is 1. The van der Waals surface area contributed by atoms with Crippen molar-refractivity contribution >= 4 is 5.69 Å². The number of benzene rings is 1. The molecule has 0 amide bonds. The van der Waals surface area contributed by atoms with E-state index < -0.39 is 0 Å². The first kappa shape index (κ1) is 7.43. The number of hydrogen-bond acceptors (Lipinski definition) is 1. The van der Waals surface area contributed by atoms with Gasteiger partial charge in [-0.1, -0.05) is 24.6 Å². The van der Waals surface area contributed by atoms with E-state index in [9.17, 15) is 0 Å². The molecule has 0 radical (unpaired) electrons. The van der Waals surface area contributed by atoms with Crippen molar-refractivity contribution in [2.45, 2.75) is 25.2 Å². The monoisotopic (exact) mass is 173 g/mol. The van der Waals surface area contributed by atoms with Crippen LogP contribution < -0.4 is 5.32 Å². The molecule has 2 atom stereocenters. The molecule has 1 saturated carbocycles. The van der Waals surface area contributed by atoms with Crippen LogP contribution in [0, 0.1) is 5.92 Å². The van der Waals surface area contributed by atoms with E-state index in [-0.39, 0.29) is 0 Å². The van der Waals surface area contributed by atoms with E-state index in [0.717, 1.165) is 11.8 Å². The highest BCUT2D eigenvalue weighted by atomic mass is 14.9. The minimum Gasteiger partial charge on any atom is -0.385 e. The zero-order valence-electron chi connectivity index (χ0n) is 7.79. The molecule has 0 aromatic heterocycles. The van der Waals surface area contributed by atoms with Gasteiger partial charge in [-0.05, 0) is 36.3 Å². The molecule has 1 aromatic carbocycles. The van der Waals surface area contributed by atoms with E-state index in [2.05, 4.69) is 29.6 Å². The summed E-state index contributed by atoms with van der Waals surface area (Å²) in [7, 11) is 0. The molecule has 1 fully saturated rings. The van der Waals surface area contributed by atoms with Gasteiger partial charge in [-0.25, -0.2) is 0 Å². The molecule has 1 N–H and O–H groups in total. The summed E-state index contributed by atoms with van der Waals surface area (Å²) in [6, 6.07) is 8.80. The third kappa shape index (κ3) is 1.06. The van der Waals surface area contributed by atoms with Crippen LogP contribution in [0.3, 0.4) is 0 Å². The van der Waals surface area contributed by atoms with Gasteiger partial charge in [0.25, 0.3) is 0 Å². The summed E-state index contributed by atoms with van der Waals surface area (Å²) in [5, 5.41) is 3.53. The van der Waals surface area contributed by atoms with Gasteiger partial charge in [0.05, 0.1) is 0 Å². The number of fused-ring (bicyclic) bond motifs is 3. The first-order valence-corrected chi connectivity index (χ1v) is 5.28. The van der Waals surface area contributed by atoms with Gasteiger partial charge in [0.1, 0.15) is 0 Å². The Morgan fingerprint density at radius 3 is 3.08 bits per heavy atom. The van der Waals surface area contributed by atoms with Gasteiger partial charge >= 0.3 is 0 Å². The number of anilines is 1. The second kappa shape index (κ2) is 2.76. The minimum atomic E-state index is 0.859. The van der Waals surface area contributed by atoms with E-state index in [1.54, 1.807) is 5.56 Å². The van der Waals surface area contributed by atoms with Crippen LogP contribution in [-0.2, 0) is 0 Å². The Labute approximate surface area is 79.2 Å². The van der Waals surface area contributed by atoms with Gasteiger partial charge in [0.2, 0.25) is 0 Å². The molecule has 13 heavy (non-hydrogen) atoms. The number of rotatable bonds is 0. The molecule has 1 aromatic rings. The molecule has 1 aliphatic carbocycles. The lowest BCUT2D eigenvalue weighted by molar-refractivity contribution is 0.495. The highest BCUT2D eigenvalue weighted by molar-refractivity contribution is 5.55. The van der Waals surface area contributed by atoms with Crippen molar-refractivity contribution in [3.8, 4) is 0 Å². The van der Waals surface area contributed by atoms with Crippen LogP contribution in [0.15, 0.2) is 24.3 Å². The predicted molar refractivity (Wildman–Crippen MR) is 55.0 cm³/mol. The lowest BCUT2D eigenvalue weighted by Crippen LogP contribution is -2.23. The maximum Gasteiger partial charge on any atom is 0.0375 e. The average molecular weight is 173 g/mol. The fourth-order valence-corrected chi connectivity index (χ4v) is 2.91. The molecule has 1 heteroatoms. The largest absolute Gasteiger partial charge is 0.385 e. The lowest BCUT2D eigenvalue weighted by Gasteiger charge is -2.29. The fraction of sp³-hybridized carbons (Fsp3) is 0.500. The van der Waals surface area contributed by atoms with Gasteiger partial charge < -0.3 is 5.32 Å². The fourth-order valence-electron chi connectivity index (χ4n) is 2.91. The zero-order valence-corrected chi connectivity index (χ0v) is 7.79. The lowest BCUT2D eigenvalue weighted by atomic mass is 9.85. The Morgan fingerprint density at radius 2 is 2.08 bits per heavy atom. The molecular formula is C12H15N. The number of para-hydroxylation sites is 1. The zero-order chi connectivity index (χ0) is 8.67. The van der Waals surface area contributed by atoms with Crippen molar-refractivity contribution in [1.29, 1.82) is 0 Å². The smallest absolute Gasteiger partial charge is 0.0375 e. The quantitative estimate of drug-likeness (QED) is 0.636. The molecule has 68 valence electrons. The normalized spacial score (nSPS) is 30.5. The van der Waals surface area contributed by atoms with Gasteiger partial charge in [-0.3, -0.25) is 0 Å². The second-order valence-electron chi connectivity index (χ2n) is 4.27. The Hall–Kier alpha value is -0.980. The maximum absolute atomic E-state index is 3.53. The Balaban J connectivity index is 2.06. The van der Waals surface area contributed by atoms with Crippen molar-refractivity contribution < 1.29 is 0 Å². The Bertz CT molecular complexity index is 319. The van der Waals surface area contributed by atoms with Crippen LogP contribution >= 0.6 is 0 Å². The summed E-state index contributed by atoms with van der Waals surface area (Å²) in [4.78, 5) is 0. The third-order valence-electron chi connectivity index (χ3n) is 3.57. The summed E-state index contributed by atoms with van der Waals surface area (Å²) >= 11 is 0. The Morgan fingerprint density at radius 1 is 1.15 bits per heavy atom. The topological polar surface area (TPSA) is 12.0 Å². The van der Waals surface area contributed by atoms with Gasteiger partial charge in [0, 0.05) is 12.2 Å². The highest BCUT2D eigenvalue weighted by Crippen LogP contribution is 2.44. The summed E-state index contributed by atoms with van der Waals surface area (Å²) in [5.41, 5.74) is 2.95. The second-order valence-corrected chi connectivity index (χ2v) is 4.27. The van der Waals surface area contributed by atoms with Crippen molar-refractivity contribution in [3.63, 3.8) is 0 Å². The van der Waals surface area contributed by atoms with Gasteiger partial charge in [-0.15, -0.1) is 0 Å². The molecular weight excluding hydrogens is 158 g/mol. The minimum absolute atomic E-state index is 0.859. The van der Waals surface area contributed by atoms with E-state index in [4.69, 9.17) is 0 Å². The molecule has 3 rings (SSSR count). The van der Waals surface area contributed by atoms with Crippen molar-refractivity contribution in [3.05, 3.63) is 29.8 Å². The molecule has 1 aliphatic heterocycles. The molecule has 2 aliphatic rings. The summed E-state index contributed by atoms with van der Waals surface area (Å²) in [6.07, 6.45) is 4.25. The van der Waals surface area contributed by atoms with Crippen LogP contribution in [0.2, 0.25) is 0 Å². The molecule has 0 bridgehead atoms. The molecule has 2 unspecified atom stereocenters. The predicted octanol–water partition coefficient (Wildman–Crippen LogP) is 3.00. The standard InChI is InChI=1S/C12H15N/c1-2-7-12-11(5-1)10-6-3-4-9(10)8-13-12/h1-2,5,7,9-10,13H,3-4,6,8H2. The summed E-state index contributed by atoms with van der Waals surface area (Å²) in [6.45, 7) is 1.20. The molecule has 0 spiro atoms. The van der Waals surface area contributed by atoms with E-state index in [1.165, 1.54) is 31.5 Å². The first-order chi connectivity index (χ1) is 6.45. The molecule has 1 nitrogen and oxygen atoms in total. The van der Waals surface area contributed by atoms with E-state index in [1.807, 2.05) is 0 Å². The van der Waals surface area contributed by atoms with Crippen LogP contribution in [0.5, 0.6) is 0 Å². The maximum atomic E-state index is 3.53. The van der Waals surface area contributed by atoms with E-state index in [0.29, 0.717) is 0 Å². The average Bonchev–Trinajstić information content (AvgIpc) is 2.65. The summed E-state index contributed by atoms with van der Waals surface area (Å²) < 4.78 is 0. The number of hydrogen-bond donors (Lipinski definition) is 1. The van der Waals surface area contributed by atoms with Crippen LogP contribution in [0.1, 0.15) is 30.7 Å². The van der Waals surface area contributed by atoms with Crippen LogP contribution in [0.4, 0.5) is 5.69 Å². The van der Waals surface area contributed by atoms with Crippen molar-refractivity contribution in [1.82, 2.24) is 0 Å². The van der Waals surface area contributed by atoms with Crippen molar-refractivity contribution in [2.75, 3.05) is 11.9 Å². The molecule has 0 saturated heterocycles. The van der Waals surface area contributed by atoms with E-state index >= 15 is 0 Å².